The third-order valence-electron chi connectivity index (χ3n) is 2.85. The molecule has 22 heavy (non-hydrogen) atoms. The fourth-order valence-electron chi connectivity index (χ4n) is 1.78. The summed E-state index contributed by atoms with van der Waals surface area (Å²) < 4.78 is 37.6. The van der Waals surface area contributed by atoms with E-state index in [0.717, 1.165) is 22.7 Å². The number of nitrogens with zero attached hydrogens (tertiary/aromatic N) is 1. The molecule has 0 radical (unpaired) electrons. The van der Waals surface area contributed by atoms with Crippen molar-refractivity contribution < 1.29 is 28.1 Å². The van der Waals surface area contributed by atoms with Crippen LogP contribution < -0.4 is 5.90 Å². The highest BCUT2D eigenvalue weighted by molar-refractivity contribution is 7.15. The van der Waals surface area contributed by atoms with E-state index in [1.54, 1.807) is 0 Å². The van der Waals surface area contributed by atoms with Gasteiger partial charge in [-0.1, -0.05) is 12.1 Å². The fourth-order valence-corrected chi connectivity index (χ4v) is 2.83. The maximum absolute atomic E-state index is 12.5. The summed E-state index contributed by atoms with van der Waals surface area (Å²) >= 11 is 1.38. The smallest absolute Gasteiger partial charge is 0.241 e. The first kappa shape index (κ1) is 16.8. The van der Waals surface area contributed by atoms with Gasteiger partial charge in [-0.25, -0.2) is 9.87 Å². The molecule has 0 aliphatic carbocycles. The zero-order valence-corrected chi connectivity index (χ0v) is 12.3. The van der Waals surface area contributed by atoms with E-state index < -0.39 is 11.7 Å². The number of thiazole rings is 1. The second-order valence-electron chi connectivity index (χ2n) is 4.34. The van der Waals surface area contributed by atoms with Crippen molar-refractivity contribution in [3.8, 4) is 10.6 Å². The molecule has 0 aliphatic heterocycles. The lowest BCUT2D eigenvalue weighted by atomic mass is 10.1. The maximum atomic E-state index is 12.5. The third-order valence-corrected chi connectivity index (χ3v) is 4.12. The summed E-state index contributed by atoms with van der Waals surface area (Å²) in [6.07, 6.45) is -3.82. The highest BCUT2D eigenvalue weighted by Gasteiger charge is 2.30. The van der Waals surface area contributed by atoms with Crippen LogP contribution >= 0.6 is 11.3 Å². The molecule has 0 bridgehead atoms. The van der Waals surface area contributed by atoms with E-state index in [2.05, 4.69) is 25.8 Å². The molecule has 0 fully saturated rings. The average molecular weight is 334 g/mol. The molecule has 1 heterocycles. The largest absolute Gasteiger partial charge is 0.416 e. The highest BCUT2D eigenvalue weighted by Crippen LogP contribution is 2.33. The summed E-state index contributed by atoms with van der Waals surface area (Å²) in [7, 11) is 0. The van der Waals surface area contributed by atoms with Gasteiger partial charge < -0.3 is 0 Å². The number of aryl methyl sites for hydroxylation is 1. The van der Waals surface area contributed by atoms with E-state index >= 15 is 0 Å². The zero-order chi connectivity index (χ0) is 16.2. The molecule has 2 N–H and O–H groups in total. The second-order valence-corrected chi connectivity index (χ2v) is 5.42. The molecular formula is C13H13F3N2O3S. The van der Waals surface area contributed by atoms with Crippen LogP contribution in [0, 0.1) is 6.92 Å². The monoisotopic (exact) mass is 334 g/mol. The van der Waals surface area contributed by atoms with Crippen molar-refractivity contribution >= 4 is 11.3 Å². The molecule has 0 unspecified atom stereocenters. The Bertz CT molecular complexity index is 614. The number of rotatable bonds is 6. The van der Waals surface area contributed by atoms with Crippen LogP contribution in [-0.4, -0.2) is 11.6 Å². The third kappa shape index (κ3) is 4.24. The summed E-state index contributed by atoms with van der Waals surface area (Å²) in [6.45, 7) is 2.03. The van der Waals surface area contributed by atoms with Gasteiger partial charge in [-0.3, -0.25) is 0 Å². The highest BCUT2D eigenvalue weighted by atomic mass is 32.1. The molecule has 120 valence electrons. The number of nitrogens with two attached hydrogens (primary N) is 1. The first-order valence-corrected chi connectivity index (χ1v) is 7.02. The van der Waals surface area contributed by atoms with Crippen LogP contribution in [-0.2, 0) is 27.5 Å². The Kier molecular flexibility index (Phi) is 5.48. The normalized spacial score (nSPS) is 11.9. The van der Waals surface area contributed by atoms with Gasteiger partial charge in [0, 0.05) is 16.9 Å². The maximum Gasteiger partial charge on any atom is 0.416 e. The van der Waals surface area contributed by atoms with Gasteiger partial charge in [-0.2, -0.15) is 19.1 Å². The molecule has 0 amide bonds. The van der Waals surface area contributed by atoms with Crippen molar-refractivity contribution in [2.45, 2.75) is 19.5 Å². The van der Waals surface area contributed by atoms with Gasteiger partial charge in [-0.05, 0) is 24.1 Å². The topological polar surface area (TPSA) is 66.6 Å². The summed E-state index contributed by atoms with van der Waals surface area (Å²) in [5, 5.41) is 4.74. The minimum atomic E-state index is -4.34. The second kappa shape index (κ2) is 7.16. The summed E-state index contributed by atoms with van der Waals surface area (Å²) in [5.74, 6) is 4.62. The van der Waals surface area contributed by atoms with Crippen molar-refractivity contribution in [3.05, 3.63) is 40.4 Å². The molecule has 0 aliphatic rings. The first-order valence-electron chi connectivity index (χ1n) is 6.21. The quantitative estimate of drug-likeness (QED) is 0.498. The van der Waals surface area contributed by atoms with Gasteiger partial charge in [-0.15, -0.1) is 16.3 Å². The molecule has 2 aromatic rings. The SMILES string of the molecule is Cc1nc(-c2ccc(C(F)(F)F)cc2)sc1CCOOON. The molecule has 0 spiro atoms. The molecule has 0 atom stereocenters. The van der Waals surface area contributed by atoms with Crippen LogP contribution in [0.5, 0.6) is 0 Å². The Labute approximate surface area is 128 Å². The number of alkyl halides is 3. The molecule has 0 saturated carbocycles. The van der Waals surface area contributed by atoms with Crippen LogP contribution in [0.2, 0.25) is 0 Å². The summed E-state index contributed by atoms with van der Waals surface area (Å²) in [5.41, 5.74) is 0.740. The van der Waals surface area contributed by atoms with Gasteiger partial charge in [0.2, 0.25) is 0 Å². The van der Waals surface area contributed by atoms with Crippen LogP contribution in [0.3, 0.4) is 0 Å². The van der Waals surface area contributed by atoms with Gasteiger partial charge in [0.05, 0.1) is 17.9 Å². The Morgan fingerprint density at radius 2 is 1.91 bits per heavy atom. The minimum absolute atomic E-state index is 0.215. The predicted octanol–water partition coefficient (Wildman–Crippen LogP) is 3.43. The van der Waals surface area contributed by atoms with Crippen molar-refractivity contribution in [2.24, 2.45) is 5.90 Å². The van der Waals surface area contributed by atoms with E-state index in [1.165, 1.54) is 23.5 Å². The summed E-state index contributed by atoms with van der Waals surface area (Å²) in [4.78, 5) is 13.7. The molecule has 0 saturated heterocycles. The van der Waals surface area contributed by atoms with E-state index in [4.69, 9.17) is 0 Å². The fraction of sp³-hybridized carbons (Fsp3) is 0.308. The Morgan fingerprint density at radius 1 is 1.23 bits per heavy atom. The molecule has 2 rings (SSSR count). The van der Waals surface area contributed by atoms with Crippen molar-refractivity contribution in [1.82, 2.24) is 4.98 Å². The van der Waals surface area contributed by atoms with Gasteiger partial charge in [0.1, 0.15) is 5.01 Å². The number of hydrogen-bond acceptors (Lipinski definition) is 6. The van der Waals surface area contributed by atoms with Gasteiger partial charge in [0.15, 0.2) is 0 Å². The van der Waals surface area contributed by atoms with Gasteiger partial charge >= 0.3 is 6.18 Å². The molecule has 9 heteroatoms. The first-order chi connectivity index (χ1) is 10.4. The van der Waals surface area contributed by atoms with Crippen molar-refractivity contribution in [2.75, 3.05) is 6.61 Å². The van der Waals surface area contributed by atoms with Crippen molar-refractivity contribution in [1.29, 1.82) is 0 Å². The minimum Gasteiger partial charge on any atom is -0.241 e. The Balaban J connectivity index is 2.09. The number of aromatic nitrogens is 1. The van der Waals surface area contributed by atoms with Crippen LogP contribution in [0.4, 0.5) is 13.2 Å². The number of hydrogen-bond donors (Lipinski definition) is 1. The lowest BCUT2D eigenvalue weighted by molar-refractivity contribution is -0.516. The van der Waals surface area contributed by atoms with E-state index in [0.29, 0.717) is 17.0 Å². The summed E-state index contributed by atoms with van der Waals surface area (Å²) in [6, 6.07) is 4.90. The standard InChI is InChI=1S/C13H13F3N2O3S/c1-8-11(6-7-19-21-20-17)22-12(18-8)9-2-4-10(5-3-9)13(14,15)16/h2-5H,6-7,17H2,1H3. The number of halogens is 3. The van der Waals surface area contributed by atoms with Gasteiger partial charge in [0.25, 0.3) is 0 Å². The molecule has 1 aromatic heterocycles. The molecule has 5 nitrogen and oxygen atoms in total. The Hall–Kier alpha value is -1.52. The van der Waals surface area contributed by atoms with E-state index in [-0.39, 0.29) is 6.61 Å². The lowest BCUT2D eigenvalue weighted by Crippen LogP contribution is -2.04. The van der Waals surface area contributed by atoms with Crippen LogP contribution in [0.15, 0.2) is 24.3 Å². The lowest BCUT2D eigenvalue weighted by Gasteiger charge is -2.06. The molecule has 1 aromatic carbocycles. The Morgan fingerprint density at radius 3 is 2.50 bits per heavy atom. The zero-order valence-electron chi connectivity index (χ0n) is 11.5. The van der Waals surface area contributed by atoms with Crippen molar-refractivity contribution in [3.63, 3.8) is 0 Å². The van der Waals surface area contributed by atoms with E-state index in [1.807, 2.05) is 6.92 Å². The van der Waals surface area contributed by atoms with E-state index in [9.17, 15) is 13.2 Å². The van der Waals surface area contributed by atoms with Crippen LogP contribution in [0.1, 0.15) is 16.1 Å². The average Bonchev–Trinajstić information content (AvgIpc) is 2.84. The number of benzene rings is 1. The predicted molar refractivity (Wildman–Crippen MR) is 73.3 cm³/mol. The van der Waals surface area contributed by atoms with Crippen LogP contribution in [0.25, 0.3) is 10.6 Å². The molecular weight excluding hydrogens is 321 g/mol.